The zero-order valence-electron chi connectivity index (χ0n) is 11.5. The van der Waals surface area contributed by atoms with Crippen LogP contribution in [0, 0.1) is 6.92 Å². The van der Waals surface area contributed by atoms with Crippen LogP contribution in [-0.2, 0) is 13.2 Å². The molecular formula is C14H19N3O2. The molecule has 5 nitrogen and oxygen atoms in total. The van der Waals surface area contributed by atoms with Crippen molar-refractivity contribution in [1.29, 1.82) is 0 Å². The largest absolute Gasteiger partial charge is 0.485 e. The van der Waals surface area contributed by atoms with Gasteiger partial charge in [-0.15, -0.1) is 0 Å². The van der Waals surface area contributed by atoms with Crippen molar-refractivity contribution in [1.82, 2.24) is 14.8 Å². The van der Waals surface area contributed by atoms with Gasteiger partial charge in [0.25, 0.3) is 0 Å². The number of aromatic nitrogens is 3. The van der Waals surface area contributed by atoms with E-state index in [-0.39, 0.29) is 0 Å². The third-order valence-corrected chi connectivity index (χ3v) is 2.97. The van der Waals surface area contributed by atoms with Gasteiger partial charge in [0.2, 0.25) is 0 Å². The van der Waals surface area contributed by atoms with Gasteiger partial charge in [0, 0.05) is 12.1 Å². The Labute approximate surface area is 112 Å². The monoisotopic (exact) mass is 261 g/mol. The molecule has 0 aliphatic carbocycles. The fourth-order valence-electron chi connectivity index (χ4n) is 1.93. The number of aliphatic hydroxyl groups excluding tert-OH is 1. The van der Waals surface area contributed by atoms with Crippen LogP contribution >= 0.6 is 0 Å². The van der Waals surface area contributed by atoms with Gasteiger partial charge in [-0.2, -0.15) is 5.10 Å². The molecule has 0 amide bonds. The second-order valence-electron chi connectivity index (χ2n) is 4.50. The molecule has 0 aliphatic heterocycles. The van der Waals surface area contributed by atoms with Crippen LogP contribution in [0.15, 0.2) is 24.5 Å². The van der Waals surface area contributed by atoms with E-state index in [4.69, 9.17) is 4.74 Å². The summed E-state index contributed by atoms with van der Waals surface area (Å²) in [6, 6.07) is 5.78. The quantitative estimate of drug-likeness (QED) is 0.896. The molecular weight excluding hydrogens is 242 g/mol. The van der Waals surface area contributed by atoms with Crippen molar-refractivity contribution in [3.8, 4) is 5.75 Å². The van der Waals surface area contributed by atoms with E-state index in [0.29, 0.717) is 12.4 Å². The lowest BCUT2D eigenvalue weighted by Gasteiger charge is -2.14. The maximum Gasteiger partial charge on any atom is 0.164 e. The predicted octanol–water partition coefficient (Wildman–Crippen LogP) is 2.24. The highest BCUT2D eigenvalue weighted by molar-refractivity contribution is 5.38. The maximum atomic E-state index is 9.77. The van der Waals surface area contributed by atoms with Crippen molar-refractivity contribution in [3.05, 3.63) is 41.5 Å². The smallest absolute Gasteiger partial charge is 0.164 e. The molecule has 0 radical (unpaired) electrons. The molecule has 1 aromatic heterocycles. The normalized spacial score (nSPS) is 12.4. The minimum Gasteiger partial charge on any atom is -0.485 e. The average molecular weight is 261 g/mol. The van der Waals surface area contributed by atoms with Crippen molar-refractivity contribution < 1.29 is 9.84 Å². The Bertz CT molecular complexity index is 549. The Hall–Kier alpha value is -1.88. The predicted molar refractivity (Wildman–Crippen MR) is 71.8 cm³/mol. The summed E-state index contributed by atoms with van der Waals surface area (Å²) >= 11 is 0. The number of rotatable bonds is 5. The fraction of sp³-hybridized carbons (Fsp3) is 0.429. The standard InChI is InChI=1S/C14H19N3O2/c1-4-17-14(15-9-16-17)8-19-13-6-5-10(2)7-12(13)11(3)18/h5-7,9,11,18H,4,8H2,1-3H3/t11-/m1/s1. The van der Waals surface area contributed by atoms with E-state index in [1.54, 1.807) is 11.6 Å². The number of ether oxygens (including phenoxy) is 1. The maximum absolute atomic E-state index is 9.77. The average Bonchev–Trinajstić information content (AvgIpc) is 2.84. The molecule has 0 unspecified atom stereocenters. The lowest BCUT2D eigenvalue weighted by atomic mass is 10.1. The molecule has 0 fully saturated rings. The summed E-state index contributed by atoms with van der Waals surface area (Å²) in [5.74, 6) is 1.46. The zero-order valence-corrected chi connectivity index (χ0v) is 11.5. The molecule has 0 saturated carbocycles. The highest BCUT2D eigenvalue weighted by Crippen LogP contribution is 2.26. The Balaban J connectivity index is 2.15. The minimum absolute atomic E-state index is 0.344. The summed E-state index contributed by atoms with van der Waals surface area (Å²) in [5, 5.41) is 13.9. The van der Waals surface area contributed by atoms with E-state index < -0.39 is 6.10 Å². The molecule has 0 spiro atoms. The van der Waals surface area contributed by atoms with E-state index >= 15 is 0 Å². The molecule has 2 rings (SSSR count). The highest BCUT2D eigenvalue weighted by Gasteiger charge is 2.11. The van der Waals surface area contributed by atoms with E-state index in [1.165, 1.54) is 6.33 Å². The Morgan fingerprint density at radius 1 is 1.42 bits per heavy atom. The Morgan fingerprint density at radius 2 is 2.21 bits per heavy atom. The Kier molecular flexibility index (Phi) is 4.16. The van der Waals surface area contributed by atoms with Crippen molar-refractivity contribution >= 4 is 0 Å². The summed E-state index contributed by atoms with van der Waals surface area (Å²) in [5.41, 5.74) is 1.89. The summed E-state index contributed by atoms with van der Waals surface area (Å²) < 4.78 is 7.54. The molecule has 0 bridgehead atoms. The molecule has 5 heteroatoms. The summed E-state index contributed by atoms with van der Waals surface area (Å²) in [4.78, 5) is 4.16. The van der Waals surface area contributed by atoms with Gasteiger partial charge in [0.15, 0.2) is 5.82 Å². The SMILES string of the molecule is CCn1ncnc1COc1ccc(C)cc1[C@@H](C)O. The van der Waals surface area contributed by atoms with Crippen LogP contribution in [0.1, 0.15) is 36.9 Å². The Morgan fingerprint density at radius 3 is 2.89 bits per heavy atom. The number of hydrogen-bond donors (Lipinski definition) is 1. The van der Waals surface area contributed by atoms with Crippen LogP contribution in [0.2, 0.25) is 0 Å². The summed E-state index contributed by atoms with van der Waals surface area (Å²) in [6.45, 7) is 6.83. The molecule has 1 atom stereocenters. The van der Waals surface area contributed by atoms with Gasteiger partial charge in [-0.05, 0) is 32.9 Å². The second kappa shape index (κ2) is 5.84. The van der Waals surface area contributed by atoms with Gasteiger partial charge in [0.05, 0.1) is 6.10 Å². The van der Waals surface area contributed by atoms with Crippen molar-refractivity contribution in [2.45, 2.75) is 40.0 Å². The number of hydrogen-bond acceptors (Lipinski definition) is 4. The summed E-state index contributed by atoms with van der Waals surface area (Å²) in [7, 11) is 0. The van der Waals surface area contributed by atoms with E-state index in [2.05, 4.69) is 10.1 Å². The van der Waals surface area contributed by atoms with Crippen molar-refractivity contribution in [2.24, 2.45) is 0 Å². The van der Waals surface area contributed by atoms with Gasteiger partial charge >= 0.3 is 0 Å². The second-order valence-corrected chi connectivity index (χ2v) is 4.50. The molecule has 2 aromatic rings. The van der Waals surface area contributed by atoms with Gasteiger partial charge in [0.1, 0.15) is 18.7 Å². The van der Waals surface area contributed by atoms with E-state index in [9.17, 15) is 5.11 Å². The fourth-order valence-corrected chi connectivity index (χ4v) is 1.93. The van der Waals surface area contributed by atoms with Crippen LogP contribution in [0.3, 0.4) is 0 Å². The van der Waals surface area contributed by atoms with Crippen LogP contribution in [-0.4, -0.2) is 19.9 Å². The molecule has 1 N–H and O–H groups in total. The first kappa shape index (κ1) is 13.5. The molecule has 1 aromatic carbocycles. The lowest BCUT2D eigenvalue weighted by Crippen LogP contribution is -2.08. The minimum atomic E-state index is -0.557. The van der Waals surface area contributed by atoms with Gasteiger partial charge < -0.3 is 9.84 Å². The van der Waals surface area contributed by atoms with E-state index in [0.717, 1.165) is 23.5 Å². The van der Waals surface area contributed by atoms with Crippen LogP contribution in [0.5, 0.6) is 5.75 Å². The zero-order chi connectivity index (χ0) is 13.8. The number of nitrogens with zero attached hydrogens (tertiary/aromatic N) is 3. The molecule has 0 aliphatic rings. The number of aryl methyl sites for hydroxylation is 2. The lowest BCUT2D eigenvalue weighted by molar-refractivity contribution is 0.189. The third kappa shape index (κ3) is 3.12. The van der Waals surface area contributed by atoms with Crippen LogP contribution in [0.4, 0.5) is 0 Å². The summed E-state index contributed by atoms with van der Waals surface area (Å²) in [6.07, 6.45) is 0.964. The topological polar surface area (TPSA) is 60.2 Å². The first-order chi connectivity index (χ1) is 9.11. The molecule has 0 saturated heterocycles. The molecule has 1 heterocycles. The first-order valence-electron chi connectivity index (χ1n) is 6.40. The first-order valence-corrected chi connectivity index (χ1v) is 6.40. The number of benzene rings is 1. The molecule has 102 valence electrons. The van der Waals surface area contributed by atoms with Crippen molar-refractivity contribution in [2.75, 3.05) is 0 Å². The van der Waals surface area contributed by atoms with Gasteiger partial charge in [-0.3, -0.25) is 0 Å². The van der Waals surface area contributed by atoms with Gasteiger partial charge in [-0.1, -0.05) is 11.6 Å². The highest BCUT2D eigenvalue weighted by atomic mass is 16.5. The van der Waals surface area contributed by atoms with Crippen molar-refractivity contribution in [3.63, 3.8) is 0 Å². The third-order valence-electron chi connectivity index (χ3n) is 2.97. The van der Waals surface area contributed by atoms with Gasteiger partial charge in [-0.25, -0.2) is 9.67 Å². The number of aliphatic hydroxyl groups is 1. The molecule has 19 heavy (non-hydrogen) atoms. The van der Waals surface area contributed by atoms with Crippen LogP contribution < -0.4 is 4.74 Å². The van der Waals surface area contributed by atoms with E-state index in [1.807, 2.05) is 32.0 Å². The van der Waals surface area contributed by atoms with Crippen LogP contribution in [0.25, 0.3) is 0 Å².